The van der Waals surface area contributed by atoms with Gasteiger partial charge in [-0.3, -0.25) is 0 Å². The summed E-state index contributed by atoms with van der Waals surface area (Å²) in [4.78, 5) is 0. The van der Waals surface area contributed by atoms with Gasteiger partial charge in [-0.2, -0.15) is 0 Å². The molecule has 8 aliphatic rings. The molecule has 5 heteroatoms. The molecule has 0 saturated carbocycles. The lowest BCUT2D eigenvalue weighted by Crippen LogP contribution is -2.41. The molecule has 0 bridgehead atoms. The highest BCUT2D eigenvalue weighted by Gasteiger charge is 2.53. The molecule has 692 valence electrons. The maximum Gasteiger partial charge on any atom is 0.494 e. The summed E-state index contributed by atoms with van der Waals surface area (Å²) in [5.41, 5.74) is 58.5. The molecule has 0 amide bonds. The quantitative estimate of drug-likeness (QED) is 0.134. The van der Waals surface area contributed by atoms with E-state index in [-0.39, 0.29) is 63.7 Å². The summed E-state index contributed by atoms with van der Waals surface area (Å²) < 4.78 is 14.7. The molecule has 0 radical (unpaired) electrons. The summed E-state index contributed by atoms with van der Waals surface area (Å²) in [6.07, 6.45) is 0. The zero-order chi connectivity index (χ0) is 96.8. The van der Waals surface area contributed by atoms with Crippen LogP contribution < -0.4 is 5.46 Å². The molecular weight excluding hydrogens is 1840 g/mol. The van der Waals surface area contributed by atoms with Gasteiger partial charge in [0, 0.05) is 46.9 Å². The number of fused-ring (bicyclic) bond motifs is 21. The smallest absolute Gasteiger partial charge is 0.399 e. The first-order valence-electron chi connectivity index (χ1n) is 50.0. The molecule has 1 heterocycles. The average molecular weight is 1960 g/mol. The minimum atomic E-state index is -0.310. The number of benzene rings is 18. The van der Waals surface area contributed by atoms with Crippen LogP contribution in [-0.2, 0) is 47.2 Å². The van der Waals surface area contributed by atoms with Crippen LogP contribution in [0.1, 0.15) is 210 Å². The van der Waals surface area contributed by atoms with E-state index in [0.29, 0.717) is 0 Å². The van der Waals surface area contributed by atoms with Gasteiger partial charge in [0.1, 0.15) is 0 Å². The third kappa shape index (κ3) is 14.2. The van der Waals surface area contributed by atoms with Gasteiger partial charge in [0.15, 0.2) is 0 Å². The van der Waals surface area contributed by atoms with Crippen molar-refractivity contribution in [1.82, 2.24) is 0 Å². The monoisotopic (exact) mass is 1950 g/mol. The molecule has 0 spiro atoms. The highest BCUT2D eigenvalue weighted by atomic mass is 79.9. The Hall–Kier alpha value is -13.1. The Morgan fingerprint density at radius 1 is 0.156 bits per heavy atom. The van der Waals surface area contributed by atoms with Gasteiger partial charge in [0.05, 0.1) is 11.2 Å². The molecule has 26 rings (SSSR count). The van der Waals surface area contributed by atoms with Crippen molar-refractivity contribution in [1.29, 1.82) is 0 Å². The Morgan fingerprint density at radius 3 is 0.539 bits per heavy atom. The van der Waals surface area contributed by atoms with Gasteiger partial charge in [0.25, 0.3) is 0 Å². The Labute approximate surface area is 851 Å². The standard InChI is InChI=1S/C72H58.C42H32Br2.C21H25BO2.CH4/c1-69(2)61-23-15-13-21-53(61)55-33-27-45(39-65(55)69)49-17-9-11-19-51(49)47-29-35-59-57-31-25-43(37-63(57)71(5,6)67(59)41-47)44-26-32-58-60-36-30-48(42-68(60)72(7,8)64(58)38-44)52-20-12-10-18-50(52)46-28-34-56-54-22-14-16-24-62(54)70(3,4)66(56)40-46;1-41(2)35-21-25(13-17-31(35)33-19-15-27(23-37(33)41)29-9-5-7-11-39(29)43)26-14-18-32-34-20-16-28(30-10-6-8-12-40(30)44)24-38(34)42(3,4)36(32)22-26;1-19(2)17-10-8-7-9-15(17)16-12-11-14(13-18(16)19)22-23-20(3,4)21(5,6)24-22;/h9-42H,1-8H3;5-24H,1-4H3;7-13H,1-6H3;1H4. The number of hydrogen-bond acceptors (Lipinski definition) is 2. The van der Waals surface area contributed by atoms with E-state index in [1.54, 1.807) is 0 Å². The van der Waals surface area contributed by atoms with Gasteiger partial charge < -0.3 is 9.31 Å². The Kier molecular flexibility index (Phi) is 21.3. The molecule has 2 nitrogen and oxygen atoms in total. The van der Waals surface area contributed by atoms with Crippen LogP contribution in [0.5, 0.6) is 0 Å². The summed E-state index contributed by atoms with van der Waals surface area (Å²) >= 11 is 7.52. The van der Waals surface area contributed by atoms with Crippen LogP contribution in [0.3, 0.4) is 0 Å². The molecule has 1 saturated heterocycles. The van der Waals surface area contributed by atoms with Gasteiger partial charge in [0.2, 0.25) is 0 Å². The van der Waals surface area contributed by atoms with Crippen molar-refractivity contribution in [3.05, 3.63) is 457 Å². The zero-order valence-corrected chi connectivity index (χ0v) is 86.5. The Bertz CT molecular complexity index is 7890. The van der Waals surface area contributed by atoms with E-state index >= 15 is 0 Å². The molecule has 1 fully saturated rings. The molecule has 141 heavy (non-hydrogen) atoms. The van der Waals surface area contributed by atoms with Crippen molar-refractivity contribution in [2.24, 2.45) is 0 Å². The summed E-state index contributed by atoms with van der Waals surface area (Å²) in [5.74, 6) is 0. The fraction of sp³-hybridized carbons (Fsp3) is 0.206. The number of halogens is 2. The van der Waals surface area contributed by atoms with Crippen molar-refractivity contribution in [3.63, 3.8) is 0 Å². The Morgan fingerprint density at radius 2 is 0.312 bits per heavy atom. The molecule has 0 unspecified atom stereocenters. The van der Waals surface area contributed by atoms with Crippen molar-refractivity contribution in [3.8, 4) is 167 Å². The van der Waals surface area contributed by atoms with Crippen LogP contribution in [0, 0.1) is 0 Å². The fourth-order valence-corrected chi connectivity index (χ4v) is 26.3. The number of hydrogen-bond donors (Lipinski definition) is 0. The molecule has 7 aliphatic carbocycles. The molecule has 0 atom stereocenters. The van der Waals surface area contributed by atoms with Gasteiger partial charge >= 0.3 is 7.12 Å². The SMILES string of the molecule is C.CC1(C)c2cc(-c3ccc4c(c3)C(C)(C)c3cc(-c5ccccc5Br)ccc3-4)ccc2-c2ccc(-c3ccccc3Br)cc21.CC1(C)c2ccccc2-c2ccc(-c3ccccc3-c3ccc4c(c3)C(C)(C)c3cc(-c5ccc6c(c5)C(C)(C)c5cc(-c7ccccc7-c7ccc8c(c7)C(C)(C)c7ccccc7-8)ccc5-6)ccc3-4)cc21.CC1(C)c2ccccc2-c2ccc(B3OC(C)(C)C(C)(C)O3)cc21. The second kappa shape index (κ2) is 32.7. The highest BCUT2D eigenvalue weighted by molar-refractivity contribution is 9.11. The van der Waals surface area contributed by atoms with Crippen molar-refractivity contribution < 1.29 is 9.31 Å². The first-order chi connectivity index (χ1) is 67.0. The third-order valence-corrected chi connectivity index (χ3v) is 35.5. The second-order valence-electron chi connectivity index (χ2n) is 45.1. The van der Waals surface area contributed by atoms with Gasteiger partial charge in [-0.1, -0.05) is 433 Å². The van der Waals surface area contributed by atoms with Crippen molar-refractivity contribution >= 4 is 44.4 Å². The van der Waals surface area contributed by atoms with E-state index in [9.17, 15) is 0 Å². The van der Waals surface area contributed by atoms with Crippen LogP contribution in [0.25, 0.3) is 167 Å². The van der Waals surface area contributed by atoms with Crippen LogP contribution >= 0.6 is 31.9 Å². The lowest BCUT2D eigenvalue weighted by atomic mass is 9.74. The summed E-state index contributed by atoms with van der Waals surface area (Å²) in [5, 5.41) is 0. The van der Waals surface area contributed by atoms with E-state index in [4.69, 9.17) is 9.31 Å². The normalized spacial score (nSPS) is 16.6. The summed E-state index contributed by atoms with van der Waals surface area (Å²) in [7, 11) is -0.306. The van der Waals surface area contributed by atoms with Gasteiger partial charge in [-0.15, -0.1) is 0 Å². The first kappa shape index (κ1) is 91.7. The summed E-state index contributed by atoms with van der Waals surface area (Å²) in [6, 6.07) is 139. The van der Waals surface area contributed by atoms with Gasteiger partial charge in [-0.25, -0.2) is 0 Å². The van der Waals surface area contributed by atoms with Crippen LogP contribution in [-0.4, -0.2) is 18.3 Å². The fourth-order valence-electron chi connectivity index (χ4n) is 25.3. The van der Waals surface area contributed by atoms with Crippen molar-refractivity contribution in [2.75, 3.05) is 0 Å². The van der Waals surface area contributed by atoms with Crippen LogP contribution in [0.15, 0.2) is 379 Å². The van der Waals surface area contributed by atoms with Crippen molar-refractivity contribution in [2.45, 2.75) is 181 Å². The van der Waals surface area contributed by atoms with E-state index < -0.39 is 0 Å². The maximum absolute atomic E-state index is 6.23. The lowest BCUT2D eigenvalue weighted by Gasteiger charge is -2.32. The second-order valence-corrected chi connectivity index (χ2v) is 46.8. The van der Waals surface area contributed by atoms with E-state index in [2.05, 4.69) is 527 Å². The highest BCUT2D eigenvalue weighted by Crippen LogP contribution is 2.60. The van der Waals surface area contributed by atoms with E-state index in [1.807, 2.05) is 0 Å². The zero-order valence-electron chi connectivity index (χ0n) is 83.4. The Balaban J connectivity index is 0.000000135. The molecule has 18 aromatic carbocycles. The van der Waals surface area contributed by atoms with Gasteiger partial charge in [-0.05, 0) is 351 Å². The minimum absolute atomic E-state index is 0. The van der Waals surface area contributed by atoms with E-state index in [0.717, 1.165) is 14.4 Å². The first-order valence-corrected chi connectivity index (χ1v) is 51.5. The number of rotatable bonds is 9. The largest absolute Gasteiger partial charge is 0.494 e. The minimum Gasteiger partial charge on any atom is -0.399 e. The van der Waals surface area contributed by atoms with Crippen LogP contribution in [0.2, 0.25) is 0 Å². The third-order valence-electron chi connectivity index (χ3n) is 34.1. The van der Waals surface area contributed by atoms with E-state index in [1.165, 1.54) is 245 Å². The average Bonchev–Trinajstić information content (AvgIpc) is 1.58. The molecule has 1 aliphatic heterocycles. The topological polar surface area (TPSA) is 18.5 Å². The van der Waals surface area contributed by atoms with Crippen LogP contribution in [0.4, 0.5) is 0 Å². The maximum atomic E-state index is 6.23. The predicted octanol–water partition coefficient (Wildman–Crippen LogP) is 37.0. The lowest BCUT2D eigenvalue weighted by molar-refractivity contribution is 0.00578. The molecule has 0 aromatic heterocycles. The molecular formula is C136H119BBr2O2. The summed E-state index contributed by atoms with van der Waals surface area (Å²) in [6.45, 7) is 41.6. The molecule has 0 N–H and O–H groups in total. The predicted molar refractivity (Wildman–Crippen MR) is 604 cm³/mol. The molecule has 18 aromatic rings.